The van der Waals surface area contributed by atoms with Gasteiger partial charge in [0.1, 0.15) is 6.10 Å². The summed E-state index contributed by atoms with van der Waals surface area (Å²) in [4.78, 5) is 12.7. The van der Waals surface area contributed by atoms with E-state index in [1.807, 2.05) is 0 Å². The Morgan fingerprint density at radius 1 is 0.909 bits per heavy atom. The van der Waals surface area contributed by atoms with Gasteiger partial charge in [-0.25, -0.2) is 0 Å². The quantitative estimate of drug-likeness (QED) is 0.0932. The first-order chi connectivity index (χ1) is 21.1. The molecule has 0 spiro atoms. The molecule has 4 aliphatic rings. The number of fused-ring (bicyclic) bond motifs is 5. The SMILES string of the molecule is CCC/C=C\CCCCCCCC(=O)OC1CCC2(C)C(=CCC3C2CCC2(C)C(C(C)CCC(CC)C(C)C)CCC32)C1. The van der Waals surface area contributed by atoms with E-state index in [2.05, 4.69) is 66.7 Å². The minimum Gasteiger partial charge on any atom is -0.462 e. The predicted molar refractivity (Wildman–Crippen MR) is 188 cm³/mol. The van der Waals surface area contributed by atoms with Gasteiger partial charge in [-0.1, -0.05) is 111 Å². The summed E-state index contributed by atoms with van der Waals surface area (Å²) in [5, 5.41) is 0. The van der Waals surface area contributed by atoms with Crippen LogP contribution in [0, 0.1) is 52.3 Å². The standard InChI is InChI=1S/C42H72O2/c1-8-10-11-12-13-14-15-16-17-18-19-40(43)44-35-26-28-41(6)34(30-35)22-23-36-38-25-24-37(42(38,7)29-27-39(36)41)32(5)20-21-33(9-2)31(3)4/h11-12,22,31-33,35-39H,8-10,13-21,23-30H2,1-7H3/b12-11-. The van der Waals surface area contributed by atoms with Crippen LogP contribution in [0.5, 0.6) is 0 Å². The summed E-state index contributed by atoms with van der Waals surface area (Å²) in [6.45, 7) is 17.4. The molecule has 0 heterocycles. The van der Waals surface area contributed by atoms with Crippen LogP contribution in [0.4, 0.5) is 0 Å². The zero-order valence-corrected chi connectivity index (χ0v) is 30.3. The second kappa shape index (κ2) is 16.7. The summed E-state index contributed by atoms with van der Waals surface area (Å²) >= 11 is 0. The van der Waals surface area contributed by atoms with Crippen molar-refractivity contribution in [3.05, 3.63) is 23.8 Å². The number of esters is 1. The first kappa shape index (κ1) is 35.8. The average Bonchev–Trinajstić information content (AvgIpc) is 3.35. The molecular weight excluding hydrogens is 536 g/mol. The van der Waals surface area contributed by atoms with Gasteiger partial charge in [0.05, 0.1) is 0 Å². The van der Waals surface area contributed by atoms with Crippen molar-refractivity contribution in [2.45, 2.75) is 183 Å². The summed E-state index contributed by atoms with van der Waals surface area (Å²) < 4.78 is 6.10. The van der Waals surface area contributed by atoms with E-state index in [-0.39, 0.29) is 12.1 Å². The number of ether oxygens (including phenoxy) is 1. The van der Waals surface area contributed by atoms with Crippen molar-refractivity contribution in [1.29, 1.82) is 0 Å². The lowest BCUT2D eigenvalue weighted by atomic mass is 9.47. The molecule has 4 aliphatic carbocycles. The number of carbonyl (C=O) groups excluding carboxylic acids is 1. The Morgan fingerprint density at radius 3 is 2.41 bits per heavy atom. The molecule has 9 atom stereocenters. The molecule has 0 aromatic rings. The van der Waals surface area contributed by atoms with E-state index in [0.29, 0.717) is 17.3 Å². The summed E-state index contributed by atoms with van der Waals surface area (Å²) in [5.74, 6) is 6.15. The average molecular weight is 609 g/mol. The first-order valence-electron chi connectivity index (χ1n) is 19.7. The van der Waals surface area contributed by atoms with Gasteiger partial charge in [0.15, 0.2) is 0 Å². The Kier molecular flexibility index (Phi) is 13.6. The molecule has 4 rings (SSSR count). The van der Waals surface area contributed by atoms with Crippen LogP contribution in [0.2, 0.25) is 0 Å². The number of hydrogen-bond acceptors (Lipinski definition) is 2. The van der Waals surface area contributed by atoms with Gasteiger partial charge in [-0.15, -0.1) is 0 Å². The number of unbranched alkanes of at least 4 members (excludes halogenated alkanes) is 6. The normalized spacial score (nSPS) is 34.7. The van der Waals surface area contributed by atoms with Crippen molar-refractivity contribution in [3.63, 3.8) is 0 Å². The van der Waals surface area contributed by atoms with Gasteiger partial charge in [-0.05, 0) is 129 Å². The van der Waals surface area contributed by atoms with Crippen LogP contribution in [0.1, 0.15) is 177 Å². The Balaban J connectivity index is 1.23. The van der Waals surface area contributed by atoms with Gasteiger partial charge in [-0.2, -0.15) is 0 Å². The predicted octanol–water partition coefficient (Wildman–Crippen LogP) is 12.7. The van der Waals surface area contributed by atoms with Gasteiger partial charge in [-0.3, -0.25) is 4.79 Å². The number of allylic oxidation sites excluding steroid dienone is 3. The molecule has 0 amide bonds. The van der Waals surface area contributed by atoms with Crippen LogP contribution in [-0.4, -0.2) is 12.1 Å². The molecule has 2 heteroatoms. The maximum absolute atomic E-state index is 12.7. The summed E-state index contributed by atoms with van der Waals surface area (Å²) in [6.07, 6.45) is 32.1. The molecule has 3 saturated carbocycles. The highest BCUT2D eigenvalue weighted by atomic mass is 16.5. The van der Waals surface area contributed by atoms with E-state index in [0.717, 1.165) is 67.1 Å². The van der Waals surface area contributed by atoms with Gasteiger partial charge in [0.25, 0.3) is 0 Å². The highest BCUT2D eigenvalue weighted by molar-refractivity contribution is 5.69. The minimum atomic E-state index is 0.0496. The zero-order valence-electron chi connectivity index (χ0n) is 30.3. The van der Waals surface area contributed by atoms with Gasteiger partial charge in [0, 0.05) is 12.8 Å². The molecule has 0 aliphatic heterocycles. The lowest BCUT2D eigenvalue weighted by molar-refractivity contribution is -0.151. The summed E-state index contributed by atoms with van der Waals surface area (Å²) in [7, 11) is 0. The molecule has 2 nitrogen and oxygen atoms in total. The molecule has 0 aromatic carbocycles. The van der Waals surface area contributed by atoms with E-state index in [9.17, 15) is 4.79 Å². The van der Waals surface area contributed by atoms with Crippen LogP contribution >= 0.6 is 0 Å². The fraction of sp³-hybridized carbons (Fsp3) is 0.881. The van der Waals surface area contributed by atoms with Crippen molar-refractivity contribution >= 4 is 5.97 Å². The maximum atomic E-state index is 12.7. The minimum absolute atomic E-state index is 0.0496. The zero-order chi connectivity index (χ0) is 31.7. The highest BCUT2D eigenvalue weighted by Gasteiger charge is 2.59. The molecule has 3 fully saturated rings. The molecule has 0 radical (unpaired) electrons. The van der Waals surface area contributed by atoms with Crippen molar-refractivity contribution in [1.82, 2.24) is 0 Å². The van der Waals surface area contributed by atoms with E-state index in [1.165, 1.54) is 96.3 Å². The molecular formula is C42H72O2. The van der Waals surface area contributed by atoms with Crippen molar-refractivity contribution in [2.75, 3.05) is 0 Å². The van der Waals surface area contributed by atoms with Crippen molar-refractivity contribution in [2.24, 2.45) is 52.3 Å². The third-order valence-electron chi connectivity index (χ3n) is 14.0. The van der Waals surface area contributed by atoms with E-state index >= 15 is 0 Å². The van der Waals surface area contributed by atoms with Gasteiger partial charge < -0.3 is 4.74 Å². The van der Waals surface area contributed by atoms with Gasteiger partial charge in [0.2, 0.25) is 0 Å². The summed E-state index contributed by atoms with van der Waals surface area (Å²) in [5.41, 5.74) is 2.51. The van der Waals surface area contributed by atoms with Crippen molar-refractivity contribution < 1.29 is 9.53 Å². The number of carbonyl (C=O) groups is 1. The monoisotopic (exact) mass is 609 g/mol. The second-order valence-corrected chi connectivity index (χ2v) is 16.9. The number of hydrogen-bond donors (Lipinski definition) is 0. The third-order valence-corrected chi connectivity index (χ3v) is 14.0. The maximum Gasteiger partial charge on any atom is 0.306 e. The molecule has 0 aromatic heterocycles. The molecule has 9 unspecified atom stereocenters. The first-order valence-corrected chi connectivity index (χ1v) is 19.7. The van der Waals surface area contributed by atoms with Crippen LogP contribution in [0.15, 0.2) is 23.8 Å². The van der Waals surface area contributed by atoms with Crippen molar-refractivity contribution in [3.8, 4) is 0 Å². The molecule has 0 N–H and O–H groups in total. The molecule has 0 bridgehead atoms. The van der Waals surface area contributed by atoms with Gasteiger partial charge >= 0.3 is 5.97 Å². The van der Waals surface area contributed by atoms with Crippen LogP contribution in [0.3, 0.4) is 0 Å². The van der Waals surface area contributed by atoms with Crippen LogP contribution in [0.25, 0.3) is 0 Å². The topological polar surface area (TPSA) is 26.3 Å². The largest absolute Gasteiger partial charge is 0.462 e. The fourth-order valence-corrected chi connectivity index (χ4v) is 11.1. The Hall–Kier alpha value is -1.05. The molecule has 252 valence electrons. The lowest BCUT2D eigenvalue weighted by Gasteiger charge is -2.58. The van der Waals surface area contributed by atoms with E-state index in [4.69, 9.17) is 4.74 Å². The lowest BCUT2D eigenvalue weighted by Crippen LogP contribution is -2.51. The fourth-order valence-electron chi connectivity index (χ4n) is 11.1. The second-order valence-electron chi connectivity index (χ2n) is 16.9. The molecule has 0 saturated heterocycles. The van der Waals surface area contributed by atoms with Crippen LogP contribution < -0.4 is 0 Å². The number of rotatable bonds is 17. The van der Waals surface area contributed by atoms with E-state index < -0.39 is 0 Å². The third kappa shape index (κ3) is 8.45. The Bertz CT molecular complexity index is 945. The molecule has 44 heavy (non-hydrogen) atoms. The highest BCUT2D eigenvalue weighted by Crippen LogP contribution is 2.67. The Morgan fingerprint density at radius 2 is 1.66 bits per heavy atom. The summed E-state index contributed by atoms with van der Waals surface area (Å²) in [6, 6.07) is 0. The van der Waals surface area contributed by atoms with E-state index in [1.54, 1.807) is 5.57 Å². The Labute approximate surface area is 274 Å². The van der Waals surface area contributed by atoms with Crippen LogP contribution in [-0.2, 0) is 9.53 Å². The smallest absolute Gasteiger partial charge is 0.306 e.